The second-order valence-corrected chi connectivity index (χ2v) is 6.51. The van der Waals surface area contributed by atoms with Crippen molar-refractivity contribution in [2.75, 3.05) is 26.3 Å². The Balaban J connectivity index is 1.60. The van der Waals surface area contributed by atoms with E-state index in [1.807, 2.05) is 0 Å². The molecule has 0 bridgehead atoms. The maximum Gasteiger partial charge on any atom is 0.342 e. The van der Waals surface area contributed by atoms with Gasteiger partial charge in [-0.1, -0.05) is 0 Å². The van der Waals surface area contributed by atoms with Gasteiger partial charge in [0.1, 0.15) is 34.2 Å². The molecule has 0 spiro atoms. The quantitative estimate of drug-likeness (QED) is 0.458. The SMILES string of the molecule is Cc1cc(C(=O)OCC(=O)NCCNC(=O)COC(=O)c2cc(C)oc2C)c(C)o1. The number of esters is 2. The van der Waals surface area contributed by atoms with Gasteiger partial charge in [-0.3, -0.25) is 9.59 Å². The third kappa shape index (κ3) is 6.50. The average molecular weight is 420 g/mol. The molecule has 0 fully saturated rings. The van der Waals surface area contributed by atoms with Gasteiger partial charge in [0.15, 0.2) is 13.2 Å². The van der Waals surface area contributed by atoms with Crippen molar-refractivity contribution in [1.29, 1.82) is 0 Å². The molecule has 0 atom stereocenters. The van der Waals surface area contributed by atoms with Crippen molar-refractivity contribution in [3.8, 4) is 0 Å². The second kappa shape index (κ2) is 10.3. The number of nitrogens with one attached hydrogen (secondary N) is 2. The van der Waals surface area contributed by atoms with Crippen LogP contribution >= 0.6 is 0 Å². The van der Waals surface area contributed by atoms with Crippen LogP contribution in [0.2, 0.25) is 0 Å². The average Bonchev–Trinajstić information content (AvgIpc) is 3.21. The molecule has 0 aliphatic rings. The predicted molar refractivity (Wildman–Crippen MR) is 103 cm³/mol. The molecule has 2 aromatic rings. The summed E-state index contributed by atoms with van der Waals surface area (Å²) in [5.74, 6) is -0.379. The first-order chi connectivity index (χ1) is 14.2. The summed E-state index contributed by atoms with van der Waals surface area (Å²) >= 11 is 0. The zero-order valence-corrected chi connectivity index (χ0v) is 17.2. The zero-order valence-electron chi connectivity index (χ0n) is 17.2. The lowest BCUT2D eigenvalue weighted by Crippen LogP contribution is -2.38. The van der Waals surface area contributed by atoms with Gasteiger partial charge in [-0.05, 0) is 39.8 Å². The molecule has 0 unspecified atom stereocenters. The highest BCUT2D eigenvalue weighted by Gasteiger charge is 2.17. The van der Waals surface area contributed by atoms with Crippen LogP contribution in [-0.4, -0.2) is 50.1 Å². The van der Waals surface area contributed by atoms with Crippen molar-refractivity contribution < 1.29 is 37.5 Å². The summed E-state index contributed by atoms with van der Waals surface area (Å²) in [6.45, 7) is 5.95. The maximum atomic E-state index is 11.9. The van der Waals surface area contributed by atoms with E-state index in [4.69, 9.17) is 18.3 Å². The minimum atomic E-state index is -0.655. The molecule has 2 rings (SSSR count). The highest BCUT2D eigenvalue weighted by molar-refractivity contribution is 5.93. The minimum absolute atomic E-state index is 0.111. The number of hydrogen-bond acceptors (Lipinski definition) is 8. The van der Waals surface area contributed by atoms with E-state index >= 15 is 0 Å². The van der Waals surface area contributed by atoms with E-state index < -0.39 is 37.0 Å². The molecule has 0 saturated heterocycles. The van der Waals surface area contributed by atoms with Gasteiger partial charge >= 0.3 is 11.9 Å². The molecule has 30 heavy (non-hydrogen) atoms. The molecule has 0 aromatic carbocycles. The molecule has 2 amide bonds. The number of amides is 2. The fraction of sp³-hybridized carbons (Fsp3) is 0.400. The smallest absolute Gasteiger partial charge is 0.342 e. The molecule has 162 valence electrons. The summed E-state index contributed by atoms with van der Waals surface area (Å²) in [6.07, 6.45) is 0. The summed E-state index contributed by atoms with van der Waals surface area (Å²) in [5.41, 5.74) is 0.533. The summed E-state index contributed by atoms with van der Waals surface area (Å²) in [7, 11) is 0. The van der Waals surface area contributed by atoms with E-state index in [1.54, 1.807) is 27.7 Å². The summed E-state index contributed by atoms with van der Waals surface area (Å²) in [6, 6.07) is 3.07. The van der Waals surface area contributed by atoms with E-state index in [2.05, 4.69) is 10.6 Å². The molecular weight excluding hydrogens is 396 g/mol. The van der Waals surface area contributed by atoms with Crippen molar-refractivity contribution in [3.63, 3.8) is 0 Å². The zero-order chi connectivity index (χ0) is 22.3. The van der Waals surface area contributed by atoms with Crippen LogP contribution in [0.3, 0.4) is 0 Å². The molecule has 2 N–H and O–H groups in total. The Morgan fingerprint density at radius 1 is 0.733 bits per heavy atom. The molecular formula is C20H24N2O8. The number of hydrogen-bond donors (Lipinski definition) is 2. The molecule has 0 aliphatic carbocycles. The van der Waals surface area contributed by atoms with E-state index in [0.29, 0.717) is 23.0 Å². The highest BCUT2D eigenvalue weighted by atomic mass is 16.5. The molecule has 0 saturated carbocycles. The normalized spacial score (nSPS) is 10.4. The lowest BCUT2D eigenvalue weighted by molar-refractivity contribution is -0.125. The summed E-state index contributed by atoms with van der Waals surface area (Å²) in [5, 5.41) is 4.98. The molecule has 10 heteroatoms. The molecule has 0 aliphatic heterocycles. The number of rotatable bonds is 9. The standard InChI is InChI=1S/C20H24N2O8/c1-11-7-15(13(3)29-11)19(25)27-9-17(23)21-5-6-22-18(24)10-28-20(26)16-8-12(2)30-14(16)4/h7-8H,5-6,9-10H2,1-4H3,(H,21,23)(H,22,24). The van der Waals surface area contributed by atoms with Crippen LogP contribution in [0.1, 0.15) is 43.8 Å². The van der Waals surface area contributed by atoms with Gasteiger partial charge in [-0.2, -0.15) is 0 Å². The van der Waals surface area contributed by atoms with Gasteiger partial charge in [0, 0.05) is 13.1 Å². The number of carbonyl (C=O) groups is 4. The Bertz CT molecular complexity index is 865. The van der Waals surface area contributed by atoms with E-state index in [9.17, 15) is 19.2 Å². The van der Waals surface area contributed by atoms with Crippen LogP contribution in [-0.2, 0) is 19.1 Å². The topological polar surface area (TPSA) is 137 Å². The number of furan rings is 2. The molecule has 10 nitrogen and oxygen atoms in total. The van der Waals surface area contributed by atoms with Gasteiger partial charge in [-0.15, -0.1) is 0 Å². The van der Waals surface area contributed by atoms with Gasteiger partial charge < -0.3 is 28.9 Å². The molecule has 2 heterocycles. The monoisotopic (exact) mass is 420 g/mol. The van der Waals surface area contributed by atoms with Crippen LogP contribution in [0.15, 0.2) is 21.0 Å². The predicted octanol–water partition coefficient (Wildman–Crippen LogP) is 1.35. The van der Waals surface area contributed by atoms with Crippen LogP contribution in [0.5, 0.6) is 0 Å². The Kier molecular flexibility index (Phi) is 7.79. The van der Waals surface area contributed by atoms with Gasteiger partial charge in [0.2, 0.25) is 0 Å². The van der Waals surface area contributed by atoms with Gasteiger partial charge in [0.25, 0.3) is 11.8 Å². The van der Waals surface area contributed by atoms with Crippen molar-refractivity contribution in [3.05, 3.63) is 46.3 Å². The Hall–Kier alpha value is -3.56. The van der Waals surface area contributed by atoms with Gasteiger partial charge in [0.05, 0.1) is 0 Å². The van der Waals surface area contributed by atoms with E-state index in [1.165, 1.54) is 12.1 Å². The minimum Gasteiger partial charge on any atom is -0.466 e. The van der Waals surface area contributed by atoms with Gasteiger partial charge in [-0.25, -0.2) is 9.59 Å². The number of ether oxygens (including phenoxy) is 2. The van der Waals surface area contributed by atoms with Crippen LogP contribution in [0.25, 0.3) is 0 Å². The maximum absolute atomic E-state index is 11.9. The molecule has 2 aromatic heterocycles. The lowest BCUT2D eigenvalue weighted by Gasteiger charge is -2.08. The summed E-state index contributed by atoms with van der Waals surface area (Å²) < 4.78 is 20.3. The summed E-state index contributed by atoms with van der Waals surface area (Å²) in [4.78, 5) is 47.2. The third-order valence-electron chi connectivity index (χ3n) is 3.96. The van der Waals surface area contributed by atoms with Crippen molar-refractivity contribution in [2.45, 2.75) is 27.7 Å². The molecule has 0 radical (unpaired) electrons. The fourth-order valence-electron chi connectivity index (χ4n) is 2.59. The second-order valence-electron chi connectivity index (χ2n) is 6.51. The van der Waals surface area contributed by atoms with Crippen LogP contribution in [0, 0.1) is 27.7 Å². The highest BCUT2D eigenvalue weighted by Crippen LogP contribution is 2.15. The first-order valence-electron chi connectivity index (χ1n) is 9.19. The number of carbonyl (C=O) groups excluding carboxylic acids is 4. The largest absolute Gasteiger partial charge is 0.466 e. The van der Waals surface area contributed by atoms with Crippen molar-refractivity contribution >= 4 is 23.8 Å². The van der Waals surface area contributed by atoms with E-state index in [-0.39, 0.29) is 24.2 Å². The Labute approximate surface area is 172 Å². The van der Waals surface area contributed by atoms with E-state index in [0.717, 1.165) is 0 Å². The fourth-order valence-corrected chi connectivity index (χ4v) is 2.59. The van der Waals surface area contributed by atoms with Crippen molar-refractivity contribution in [1.82, 2.24) is 10.6 Å². The first-order valence-corrected chi connectivity index (χ1v) is 9.19. The Morgan fingerprint density at radius 2 is 1.10 bits per heavy atom. The Morgan fingerprint density at radius 3 is 1.40 bits per heavy atom. The van der Waals surface area contributed by atoms with Crippen LogP contribution < -0.4 is 10.6 Å². The van der Waals surface area contributed by atoms with Crippen LogP contribution in [0.4, 0.5) is 0 Å². The van der Waals surface area contributed by atoms with Crippen molar-refractivity contribution in [2.24, 2.45) is 0 Å². The first kappa shape index (κ1) is 22.7. The third-order valence-corrected chi connectivity index (χ3v) is 3.96. The lowest BCUT2D eigenvalue weighted by atomic mass is 10.2. The number of aryl methyl sites for hydroxylation is 4.